The summed E-state index contributed by atoms with van der Waals surface area (Å²) in [7, 11) is 0. The van der Waals surface area contributed by atoms with E-state index in [0.717, 1.165) is 80.8 Å². The first-order chi connectivity index (χ1) is 25.0. The minimum atomic E-state index is 0.0648. The summed E-state index contributed by atoms with van der Waals surface area (Å²) < 4.78 is 0. The van der Waals surface area contributed by atoms with Crippen LogP contribution in [0.5, 0.6) is 0 Å². The van der Waals surface area contributed by atoms with E-state index in [0.29, 0.717) is 13.1 Å². The van der Waals surface area contributed by atoms with Gasteiger partial charge in [-0.15, -0.1) is 0 Å². The summed E-state index contributed by atoms with van der Waals surface area (Å²) in [6.07, 6.45) is 25.7. The highest BCUT2D eigenvalue weighted by Gasteiger charge is 2.13. The van der Waals surface area contributed by atoms with Crippen LogP contribution in [0.25, 0.3) is 0 Å². The number of unbranched alkanes of at least 4 members (excludes halogenated alkanes) is 16. The van der Waals surface area contributed by atoms with Gasteiger partial charge in [-0.05, 0) is 93.7 Å². The third kappa shape index (κ3) is 22.8. The molecule has 288 valence electrons. The van der Waals surface area contributed by atoms with Gasteiger partial charge in [0.05, 0.1) is 13.1 Å². The molecule has 0 saturated carbocycles. The van der Waals surface area contributed by atoms with E-state index in [9.17, 15) is 9.59 Å². The van der Waals surface area contributed by atoms with Crippen LogP contribution in [0, 0.1) is 0 Å². The summed E-state index contributed by atoms with van der Waals surface area (Å²) in [5.41, 5.74) is 3.96. The molecule has 0 spiro atoms. The van der Waals surface area contributed by atoms with E-state index in [1.54, 1.807) is 0 Å². The first-order valence-electron chi connectivity index (χ1n) is 21.2. The summed E-state index contributed by atoms with van der Waals surface area (Å²) in [6.45, 7) is 13.9. The molecule has 2 amide bonds. The van der Waals surface area contributed by atoms with E-state index in [1.165, 1.54) is 103 Å². The SMILES string of the molecule is CCCCCCCN(CCCCCCC)CC(=O)Nc1cccc(Cc2cccc(NC(=O)CN(CCCCCCC)CCCCCCC)c2)c1. The number of amides is 2. The molecule has 0 atom stereocenters. The third-order valence-corrected chi connectivity index (χ3v) is 9.88. The molecule has 0 fully saturated rings. The van der Waals surface area contributed by atoms with Gasteiger partial charge in [-0.3, -0.25) is 19.4 Å². The summed E-state index contributed by atoms with van der Waals surface area (Å²) in [5.74, 6) is 0.130. The molecule has 0 aliphatic carbocycles. The lowest BCUT2D eigenvalue weighted by atomic mass is 10.0. The molecule has 6 heteroatoms. The Bertz CT molecular complexity index is 1050. The normalized spacial score (nSPS) is 11.4. The summed E-state index contributed by atoms with van der Waals surface area (Å²) in [5, 5.41) is 6.36. The van der Waals surface area contributed by atoms with Crippen molar-refractivity contribution in [1.82, 2.24) is 9.80 Å². The second-order valence-corrected chi connectivity index (χ2v) is 14.9. The molecule has 0 aromatic heterocycles. The molecular formula is C45H76N4O2. The second kappa shape index (κ2) is 29.8. The molecule has 2 N–H and O–H groups in total. The van der Waals surface area contributed by atoms with E-state index in [4.69, 9.17) is 0 Å². The maximum atomic E-state index is 13.2. The fourth-order valence-corrected chi connectivity index (χ4v) is 6.86. The van der Waals surface area contributed by atoms with Crippen LogP contribution >= 0.6 is 0 Å². The van der Waals surface area contributed by atoms with Crippen LogP contribution in [0.15, 0.2) is 48.5 Å². The zero-order valence-electron chi connectivity index (χ0n) is 33.4. The summed E-state index contributed by atoms with van der Waals surface area (Å²) in [6, 6.07) is 16.4. The van der Waals surface area contributed by atoms with Crippen LogP contribution in [0.3, 0.4) is 0 Å². The van der Waals surface area contributed by atoms with Gasteiger partial charge in [-0.2, -0.15) is 0 Å². The van der Waals surface area contributed by atoms with Crippen LogP contribution < -0.4 is 10.6 Å². The Kier molecular flexibility index (Phi) is 26.0. The minimum Gasteiger partial charge on any atom is -0.325 e. The van der Waals surface area contributed by atoms with E-state index in [-0.39, 0.29) is 11.8 Å². The lowest BCUT2D eigenvalue weighted by Gasteiger charge is -2.22. The number of carbonyl (C=O) groups excluding carboxylic acids is 2. The topological polar surface area (TPSA) is 64.7 Å². The molecule has 0 unspecified atom stereocenters. The molecule has 0 aliphatic heterocycles. The fraction of sp³-hybridized carbons (Fsp3) is 0.689. The molecule has 2 rings (SSSR count). The standard InChI is InChI=1S/C45H76N4O2/c1-5-9-13-17-21-31-48(32-22-18-14-10-6-2)38-44(50)46-42-29-25-27-40(36-42)35-41-28-26-30-43(37-41)47-45(51)39-49(33-23-19-15-11-7-3)34-24-20-16-12-8-4/h25-30,36-37H,5-24,31-35,38-39H2,1-4H3,(H,46,50)(H,47,51). The number of nitrogens with zero attached hydrogens (tertiary/aromatic N) is 2. The molecule has 0 saturated heterocycles. The Morgan fingerprint density at radius 1 is 0.451 bits per heavy atom. The van der Waals surface area contributed by atoms with Crippen LogP contribution in [-0.4, -0.2) is 60.9 Å². The Morgan fingerprint density at radius 2 is 0.765 bits per heavy atom. The zero-order chi connectivity index (χ0) is 36.8. The number of hydrogen-bond acceptors (Lipinski definition) is 4. The predicted molar refractivity (Wildman–Crippen MR) is 221 cm³/mol. The van der Waals surface area contributed by atoms with Gasteiger partial charge in [0, 0.05) is 11.4 Å². The summed E-state index contributed by atoms with van der Waals surface area (Å²) >= 11 is 0. The highest BCUT2D eigenvalue weighted by Crippen LogP contribution is 2.19. The smallest absolute Gasteiger partial charge is 0.238 e. The largest absolute Gasteiger partial charge is 0.325 e. The Morgan fingerprint density at radius 3 is 1.08 bits per heavy atom. The first-order valence-corrected chi connectivity index (χ1v) is 21.2. The number of nitrogens with one attached hydrogen (secondary N) is 2. The molecule has 51 heavy (non-hydrogen) atoms. The van der Waals surface area contributed by atoms with Crippen molar-refractivity contribution in [3.8, 4) is 0 Å². The van der Waals surface area contributed by atoms with Crippen molar-refractivity contribution in [2.45, 2.75) is 163 Å². The van der Waals surface area contributed by atoms with Crippen molar-refractivity contribution in [2.75, 3.05) is 49.9 Å². The highest BCUT2D eigenvalue weighted by atomic mass is 16.2. The van der Waals surface area contributed by atoms with Crippen molar-refractivity contribution in [1.29, 1.82) is 0 Å². The molecule has 2 aromatic carbocycles. The van der Waals surface area contributed by atoms with Gasteiger partial charge < -0.3 is 10.6 Å². The Balaban J connectivity index is 1.92. The average molecular weight is 705 g/mol. The minimum absolute atomic E-state index is 0.0648. The van der Waals surface area contributed by atoms with Gasteiger partial charge in [0.2, 0.25) is 11.8 Å². The molecule has 0 heterocycles. The number of rotatable bonds is 32. The average Bonchev–Trinajstić information content (AvgIpc) is 3.11. The van der Waals surface area contributed by atoms with E-state index in [1.807, 2.05) is 24.3 Å². The van der Waals surface area contributed by atoms with Crippen molar-refractivity contribution in [2.24, 2.45) is 0 Å². The lowest BCUT2D eigenvalue weighted by Crippen LogP contribution is -2.34. The number of benzene rings is 2. The molecule has 6 nitrogen and oxygen atoms in total. The van der Waals surface area contributed by atoms with Gasteiger partial charge in [0.25, 0.3) is 0 Å². The van der Waals surface area contributed by atoms with Crippen molar-refractivity contribution in [3.05, 3.63) is 59.7 Å². The maximum absolute atomic E-state index is 13.2. The molecule has 0 radical (unpaired) electrons. The predicted octanol–water partition coefficient (Wildman–Crippen LogP) is 11.6. The van der Waals surface area contributed by atoms with Crippen LogP contribution in [0.2, 0.25) is 0 Å². The molecule has 2 aromatic rings. The number of carbonyl (C=O) groups is 2. The van der Waals surface area contributed by atoms with E-state index < -0.39 is 0 Å². The molecular weight excluding hydrogens is 629 g/mol. The maximum Gasteiger partial charge on any atom is 0.238 e. The second-order valence-electron chi connectivity index (χ2n) is 14.9. The number of hydrogen-bond donors (Lipinski definition) is 2. The van der Waals surface area contributed by atoms with Crippen molar-refractivity contribution >= 4 is 23.2 Å². The number of anilines is 2. The molecule has 0 bridgehead atoms. The van der Waals surface area contributed by atoms with Crippen molar-refractivity contribution < 1.29 is 9.59 Å². The Hall–Kier alpha value is -2.70. The highest BCUT2D eigenvalue weighted by molar-refractivity contribution is 5.93. The van der Waals surface area contributed by atoms with Crippen LogP contribution in [-0.2, 0) is 16.0 Å². The zero-order valence-corrected chi connectivity index (χ0v) is 33.4. The first kappa shape index (κ1) is 44.5. The van der Waals surface area contributed by atoms with Gasteiger partial charge in [-0.25, -0.2) is 0 Å². The van der Waals surface area contributed by atoms with E-state index in [2.05, 4.69) is 72.4 Å². The van der Waals surface area contributed by atoms with Gasteiger partial charge in [-0.1, -0.05) is 155 Å². The quantitative estimate of drug-likeness (QED) is 0.0744. The third-order valence-electron chi connectivity index (χ3n) is 9.88. The van der Waals surface area contributed by atoms with Gasteiger partial charge in [0.15, 0.2) is 0 Å². The Labute approximate surface area is 313 Å². The molecule has 0 aliphatic rings. The fourth-order valence-electron chi connectivity index (χ4n) is 6.86. The van der Waals surface area contributed by atoms with Gasteiger partial charge in [0.1, 0.15) is 0 Å². The van der Waals surface area contributed by atoms with Gasteiger partial charge >= 0.3 is 0 Å². The van der Waals surface area contributed by atoms with Crippen molar-refractivity contribution in [3.63, 3.8) is 0 Å². The van der Waals surface area contributed by atoms with E-state index >= 15 is 0 Å². The lowest BCUT2D eigenvalue weighted by molar-refractivity contribution is -0.118. The van der Waals surface area contributed by atoms with Crippen LogP contribution in [0.4, 0.5) is 11.4 Å². The monoisotopic (exact) mass is 705 g/mol. The van der Waals surface area contributed by atoms with Crippen LogP contribution in [0.1, 0.15) is 167 Å². The summed E-state index contributed by atoms with van der Waals surface area (Å²) in [4.78, 5) is 31.1.